The summed E-state index contributed by atoms with van der Waals surface area (Å²) in [5, 5.41) is 7.29. The van der Waals surface area contributed by atoms with Crippen LogP contribution in [0.1, 0.15) is 32.1 Å². The predicted molar refractivity (Wildman–Crippen MR) is 114 cm³/mol. The molecule has 2 atom stereocenters. The van der Waals surface area contributed by atoms with Crippen LogP contribution in [0, 0.1) is 5.92 Å². The molecule has 2 rings (SSSR count). The highest BCUT2D eigenvalue weighted by Gasteiger charge is 2.50. The number of piperidine rings is 1. The zero-order valence-corrected chi connectivity index (χ0v) is 19.4. The Hall–Kier alpha value is 0.0500. The lowest BCUT2D eigenvalue weighted by Crippen LogP contribution is -2.48. The van der Waals surface area contributed by atoms with E-state index in [4.69, 9.17) is 0 Å². The van der Waals surface area contributed by atoms with E-state index in [0.29, 0.717) is 40.9 Å². The molecule has 1 heterocycles. The van der Waals surface area contributed by atoms with Crippen molar-refractivity contribution >= 4 is 51.7 Å². The Labute approximate surface area is 180 Å². The van der Waals surface area contributed by atoms with Gasteiger partial charge in [0.1, 0.15) is 0 Å². The molecule has 2 N–H and O–H groups in total. The minimum Gasteiger partial charge on any atom is -0.356 e. The maximum absolute atomic E-state index is 12.6. The molecule has 2 fully saturated rings. The van der Waals surface area contributed by atoms with Crippen molar-refractivity contribution in [1.29, 1.82) is 0 Å². The highest BCUT2D eigenvalue weighted by Crippen LogP contribution is 2.30. The molecule has 1 aliphatic carbocycles. The average Bonchev–Trinajstić information content (AvgIpc) is 3.05. The Kier molecular flexibility index (Phi) is 9.96. The van der Waals surface area contributed by atoms with Crippen LogP contribution in [0.15, 0.2) is 4.99 Å². The summed E-state index contributed by atoms with van der Waals surface area (Å²) in [6.45, 7) is 0.370. The third kappa shape index (κ3) is 6.81. The fourth-order valence-corrected chi connectivity index (χ4v) is 5.20. The van der Waals surface area contributed by atoms with E-state index in [2.05, 4.69) is 21.9 Å². The van der Waals surface area contributed by atoms with Crippen LogP contribution < -0.4 is 10.6 Å². The molecule has 1 aliphatic heterocycles. The molecular weight excluding hydrogens is 516 g/mol. The molecule has 0 aromatic heterocycles. The number of hydrogen-bond donors (Lipinski definition) is 2. The number of hydrogen-bond acceptors (Lipinski definition) is 4. The van der Waals surface area contributed by atoms with Crippen molar-refractivity contribution in [2.75, 3.05) is 32.9 Å². The van der Waals surface area contributed by atoms with E-state index in [1.807, 2.05) is 11.8 Å². The topological polar surface area (TPSA) is 73.8 Å². The Bertz CT molecular complexity index is 596. The fourth-order valence-electron chi connectivity index (χ4n) is 3.41. The van der Waals surface area contributed by atoms with Gasteiger partial charge in [-0.2, -0.15) is 29.2 Å². The Balaban J connectivity index is 0.00000364. The van der Waals surface area contributed by atoms with Gasteiger partial charge in [0, 0.05) is 38.0 Å². The summed E-state index contributed by atoms with van der Waals surface area (Å²) in [5.74, 6) is 0.817. The van der Waals surface area contributed by atoms with Gasteiger partial charge in [-0.15, -0.1) is 24.0 Å². The molecule has 2 aliphatic rings. The van der Waals surface area contributed by atoms with E-state index in [9.17, 15) is 21.6 Å². The molecule has 27 heavy (non-hydrogen) atoms. The number of sulfonamides is 1. The SMILES string of the molecule is CN=C(NCC1CCN(S(=O)(=O)C(F)(F)F)CC1)NC1CCC(SC)C1.I. The number of alkyl halides is 3. The van der Waals surface area contributed by atoms with E-state index < -0.39 is 15.5 Å². The van der Waals surface area contributed by atoms with Gasteiger partial charge in [0.2, 0.25) is 0 Å². The van der Waals surface area contributed by atoms with Gasteiger partial charge in [0.05, 0.1) is 0 Å². The van der Waals surface area contributed by atoms with Crippen molar-refractivity contribution in [1.82, 2.24) is 14.9 Å². The van der Waals surface area contributed by atoms with E-state index >= 15 is 0 Å². The third-order valence-electron chi connectivity index (χ3n) is 5.05. The first kappa shape index (κ1) is 25.1. The largest absolute Gasteiger partial charge is 0.511 e. The van der Waals surface area contributed by atoms with Crippen LogP contribution in [-0.4, -0.2) is 68.4 Å². The van der Waals surface area contributed by atoms with Crippen molar-refractivity contribution < 1.29 is 21.6 Å². The number of aliphatic imine (C=N–C) groups is 1. The van der Waals surface area contributed by atoms with Crippen LogP contribution in [-0.2, 0) is 10.0 Å². The van der Waals surface area contributed by atoms with Crippen molar-refractivity contribution in [3.05, 3.63) is 0 Å². The van der Waals surface area contributed by atoms with Crippen molar-refractivity contribution in [2.45, 2.75) is 48.9 Å². The van der Waals surface area contributed by atoms with Crippen LogP contribution in [0.25, 0.3) is 0 Å². The van der Waals surface area contributed by atoms with Crippen LogP contribution in [0.3, 0.4) is 0 Å². The number of halogens is 4. The van der Waals surface area contributed by atoms with Gasteiger partial charge in [-0.25, -0.2) is 8.42 Å². The maximum atomic E-state index is 12.6. The lowest BCUT2D eigenvalue weighted by molar-refractivity contribution is -0.0496. The number of nitrogens with zero attached hydrogens (tertiary/aromatic N) is 2. The first-order valence-electron chi connectivity index (χ1n) is 8.73. The zero-order valence-electron chi connectivity index (χ0n) is 15.5. The molecule has 0 aromatic rings. The molecule has 0 bridgehead atoms. The lowest BCUT2D eigenvalue weighted by atomic mass is 9.98. The molecule has 0 radical (unpaired) electrons. The Morgan fingerprint density at radius 1 is 1.22 bits per heavy atom. The number of thioether (sulfide) groups is 1. The molecule has 12 heteroatoms. The minimum absolute atomic E-state index is 0. The highest BCUT2D eigenvalue weighted by molar-refractivity contribution is 14.0. The molecule has 0 amide bonds. The minimum atomic E-state index is -5.22. The summed E-state index contributed by atoms with van der Waals surface area (Å²) in [6, 6.07) is 0.387. The molecule has 1 saturated carbocycles. The summed E-state index contributed by atoms with van der Waals surface area (Å²) >= 11 is 1.88. The summed E-state index contributed by atoms with van der Waals surface area (Å²) in [4.78, 5) is 4.21. The van der Waals surface area contributed by atoms with E-state index in [1.54, 1.807) is 7.05 Å². The summed E-state index contributed by atoms with van der Waals surface area (Å²) < 4.78 is 61.2. The van der Waals surface area contributed by atoms with Gasteiger partial charge in [0.25, 0.3) is 0 Å². The predicted octanol–water partition coefficient (Wildman–Crippen LogP) is 2.62. The fraction of sp³-hybridized carbons (Fsp3) is 0.933. The maximum Gasteiger partial charge on any atom is 0.511 e. The Morgan fingerprint density at radius 3 is 2.33 bits per heavy atom. The smallest absolute Gasteiger partial charge is 0.356 e. The van der Waals surface area contributed by atoms with E-state index in [1.165, 1.54) is 6.42 Å². The van der Waals surface area contributed by atoms with Gasteiger partial charge in [-0.3, -0.25) is 4.99 Å². The second-order valence-corrected chi connectivity index (χ2v) is 9.83. The van der Waals surface area contributed by atoms with Crippen molar-refractivity contribution in [2.24, 2.45) is 10.9 Å². The van der Waals surface area contributed by atoms with Gasteiger partial charge >= 0.3 is 15.5 Å². The van der Waals surface area contributed by atoms with Gasteiger partial charge in [0.15, 0.2) is 5.96 Å². The highest BCUT2D eigenvalue weighted by atomic mass is 127. The zero-order chi connectivity index (χ0) is 19.4. The summed E-state index contributed by atoms with van der Waals surface area (Å²) in [7, 11) is -3.52. The first-order valence-corrected chi connectivity index (χ1v) is 11.5. The van der Waals surface area contributed by atoms with Gasteiger partial charge in [-0.05, 0) is 44.3 Å². The summed E-state index contributed by atoms with van der Waals surface area (Å²) in [6.07, 6.45) is 6.29. The monoisotopic (exact) mass is 544 g/mol. The van der Waals surface area contributed by atoms with Crippen LogP contribution in [0.5, 0.6) is 0 Å². The van der Waals surface area contributed by atoms with E-state index in [0.717, 1.165) is 12.8 Å². The Morgan fingerprint density at radius 2 is 1.85 bits per heavy atom. The normalized spacial score (nSPS) is 25.9. The molecule has 0 spiro atoms. The van der Waals surface area contributed by atoms with Crippen LogP contribution in [0.4, 0.5) is 13.2 Å². The van der Waals surface area contributed by atoms with Crippen LogP contribution in [0.2, 0.25) is 0 Å². The first-order chi connectivity index (χ1) is 12.2. The molecule has 0 aromatic carbocycles. The average molecular weight is 544 g/mol. The second-order valence-electron chi connectivity index (χ2n) is 6.76. The van der Waals surface area contributed by atoms with Crippen molar-refractivity contribution in [3.8, 4) is 0 Å². The van der Waals surface area contributed by atoms with Crippen molar-refractivity contribution in [3.63, 3.8) is 0 Å². The van der Waals surface area contributed by atoms with Gasteiger partial charge in [-0.1, -0.05) is 0 Å². The number of rotatable bonds is 5. The number of guanidine groups is 1. The summed E-state index contributed by atoms with van der Waals surface area (Å²) in [5.41, 5.74) is -5.22. The molecule has 1 saturated heterocycles. The lowest BCUT2D eigenvalue weighted by Gasteiger charge is -2.32. The molecule has 6 nitrogen and oxygen atoms in total. The van der Waals surface area contributed by atoms with E-state index in [-0.39, 0.29) is 43.0 Å². The second kappa shape index (κ2) is 10.7. The molecule has 2 unspecified atom stereocenters. The molecular formula is C15H28F3IN4O2S2. The number of nitrogens with one attached hydrogen (secondary N) is 2. The quantitative estimate of drug-likeness (QED) is 0.317. The van der Waals surface area contributed by atoms with Crippen LogP contribution >= 0.6 is 35.7 Å². The third-order valence-corrected chi connectivity index (χ3v) is 7.77. The molecule has 160 valence electrons. The standard InChI is InChI=1S/C15H27F3N4O2S2.HI/c1-19-14(21-12-3-4-13(9-12)25-2)20-10-11-5-7-22(8-6-11)26(23,24)15(16,17)18;/h11-13H,3-10H2,1-2H3,(H2,19,20,21);1H. The van der Waals surface area contributed by atoms with Gasteiger partial charge < -0.3 is 10.6 Å².